The molecule has 1 aromatic carbocycles. The lowest BCUT2D eigenvalue weighted by Crippen LogP contribution is -2.46. The molecule has 0 bridgehead atoms. The molecule has 8 heteroatoms. The zero-order valence-corrected chi connectivity index (χ0v) is 13.2. The molecule has 0 spiro atoms. The Hall–Kier alpha value is -2.25. The Morgan fingerprint density at radius 3 is 2.48 bits per heavy atom. The summed E-state index contributed by atoms with van der Waals surface area (Å²) < 4.78 is 0. The lowest BCUT2D eigenvalue weighted by molar-refractivity contribution is -0.385. The molecule has 0 aliphatic carbocycles. The number of hydrogen-bond acceptors (Lipinski definition) is 6. The lowest BCUT2D eigenvalue weighted by atomic mass is 10.2. The summed E-state index contributed by atoms with van der Waals surface area (Å²) in [5.41, 5.74) is 1.10. The summed E-state index contributed by atoms with van der Waals surface area (Å²) in [6.07, 6.45) is 2.50. The highest BCUT2D eigenvalue weighted by molar-refractivity contribution is 6.30. The van der Waals surface area contributed by atoms with E-state index in [1.165, 1.54) is 18.0 Å². The van der Waals surface area contributed by atoms with Crippen molar-refractivity contribution in [1.29, 1.82) is 0 Å². The SMILES string of the molecule is O=[N+]([O-])c1cnc(N2CCN(Cc3cccc(Cl)c3)CC2)nc1. The van der Waals surface area contributed by atoms with E-state index >= 15 is 0 Å². The van der Waals surface area contributed by atoms with Crippen LogP contribution in [0.4, 0.5) is 11.6 Å². The fourth-order valence-electron chi connectivity index (χ4n) is 2.57. The van der Waals surface area contributed by atoms with E-state index in [1.807, 2.05) is 23.1 Å². The van der Waals surface area contributed by atoms with Crippen LogP contribution in [0.1, 0.15) is 5.56 Å². The van der Waals surface area contributed by atoms with Gasteiger partial charge >= 0.3 is 5.69 Å². The first-order chi connectivity index (χ1) is 11.1. The molecule has 2 heterocycles. The van der Waals surface area contributed by atoms with Crippen LogP contribution >= 0.6 is 11.6 Å². The van der Waals surface area contributed by atoms with Gasteiger partial charge in [0.2, 0.25) is 5.95 Å². The summed E-state index contributed by atoms with van der Waals surface area (Å²) in [4.78, 5) is 22.7. The van der Waals surface area contributed by atoms with Gasteiger partial charge < -0.3 is 4.90 Å². The predicted molar refractivity (Wildman–Crippen MR) is 87.6 cm³/mol. The standard InChI is InChI=1S/C15H16ClN5O2/c16-13-3-1-2-12(8-13)11-19-4-6-20(7-5-19)15-17-9-14(10-18-15)21(22)23/h1-3,8-10H,4-7,11H2. The summed E-state index contributed by atoms with van der Waals surface area (Å²) in [6.45, 7) is 4.20. The number of hydrogen-bond donors (Lipinski definition) is 0. The average molecular weight is 334 g/mol. The average Bonchev–Trinajstić information content (AvgIpc) is 2.56. The maximum absolute atomic E-state index is 10.6. The summed E-state index contributed by atoms with van der Waals surface area (Å²) >= 11 is 6.01. The van der Waals surface area contributed by atoms with Crippen LogP contribution in [0.2, 0.25) is 5.02 Å². The minimum absolute atomic E-state index is 0.0895. The quantitative estimate of drug-likeness (QED) is 0.631. The number of halogens is 1. The number of nitro groups is 1. The third-order valence-corrected chi connectivity index (χ3v) is 4.02. The van der Waals surface area contributed by atoms with Crippen LogP contribution in [0.5, 0.6) is 0 Å². The van der Waals surface area contributed by atoms with Gasteiger partial charge in [-0.1, -0.05) is 23.7 Å². The number of nitrogens with zero attached hydrogens (tertiary/aromatic N) is 5. The molecule has 0 atom stereocenters. The molecule has 120 valence electrons. The molecule has 0 amide bonds. The van der Waals surface area contributed by atoms with Crippen LogP contribution in [0.25, 0.3) is 0 Å². The second-order valence-corrected chi connectivity index (χ2v) is 5.83. The van der Waals surface area contributed by atoms with Crippen molar-refractivity contribution < 1.29 is 4.92 Å². The molecule has 1 aliphatic heterocycles. The van der Waals surface area contributed by atoms with Crippen molar-refractivity contribution in [1.82, 2.24) is 14.9 Å². The molecular formula is C15H16ClN5O2. The van der Waals surface area contributed by atoms with Gasteiger partial charge in [0.05, 0.1) is 4.92 Å². The van der Waals surface area contributed by atoms with Crippen molar-refractivity contribution in [3.8, 4) is 0 Å². The van der Waals surface area contributed by atoms with Gasteiger partial charge in [0.1, 0.15) is 12.4 Å². The van der Waals surface area contributed by atoms with Crippen LogP contribution in [0.3, 0.4) is 0 Å². The molecule has 1 aliphatic rings. The number of rotatable bonds is 4. The molecule has 23 heavy (non-hydrogen) atoms. The van der Waals surface area contributed by atoms with Crippen LogP contribution in [0, 0.1) is 10.1 Å². The molecule has 3 rings (SSSR count). The summed E-state index contributed by atoms with van der Waals surface area (Å²) in [7, 11) is 0. The van der Waals surface area contributed by atoms with E-state index in [2.05, 4.69) is 20.9 Å². The fraction of sp³-hybridized carbons (Fsp3) is 0.333. The molecule has 0 unspecified atom stereocenters. The highest BCUT2D eigenvalue weighted by Crippen LogP contribution is 2.16. The van der Waals surface area contributed by atoms with Gasteiger partial charge in [0.25, 0.3) is 0 Å². The monoisotopic (exact) mass is 333 g/mol. The Morgan fingerprint density at radius 2 is 1.87 bits per heavy atom. The second kappa shape index (κ2) is 6.89. The van der Waals surface area contributed by atoms with Crippen molar-refractivity contribution in [3.05, 3.63) is 57.4 Å². The summed E-state index contributed by atoms with van der Waals surface area (Å²) in [6, 6.07) is 7.87. The Bertz CT molecular complexity index is 687. The van der Waals surface area contributed by atoms with Crippen molar-refractivity contribution in [2.75, 3.05) is 31.1 Å². The van der Waals surface area contributed by atoms with E-state index in [4.69, 9.17) is 11.6 Å². The van der Waals surface area contributed by atoms with E-state index in [9.17, 15) is 10.1 Å². The van der Waals surface area contributed by atoms with E-state index in [1.54, 1.807) is 0 Å². The molecule has 0 N–H and O–H groups in total. The van der Waals surface area contributed by atoms with E-state index in [0.717, 1.165) is 37.7 Å². The molecule has 7 nitrogen and oxygen atoms in total. The van der Waals surface area contributed by atoms with E-state index in [0.29, 0.717) is 5.95 Å². The minimum Gasteiger partial charge on any atom is -0.338 e. The van der Waals surface area contributed by atoms with Gasteiger partial charge in [-0.3, -0.25) is 15.0 Å². The zero-order valence-electron chi connectivity index (χ0n) is 12.4. The fourth-order valence-corrected chi connectivity index (χ4v) is 2.78. The first-order valence-corrected chi connectivity index (χ1v) is 7.68. The van der Waals surface area contributed by atoms with Gasteiger partial charge in [0, 0.05) is 37.7 Å². The largest absolute Gasteiger partial charge is 0.338 e. The van der Waals surface area contributed by atoms with Crippen LogP contribution in [-0.4, -0.2) is 46.0 Å². The molecule has 0 saturated carbocycles. The highest BCUT2D eigenvalue weighted by Gasteiger charge is 2.19. The Morgan fingerprint density at radius 1 is 1.17 bits per heavy atom. The first kappa shape index (κ1) is 15.6. The van der Waals surface area contributed by atoms with Crippen molar-refractivity contribution in [3.63, 3.8) is 0 Å². The van der Waals surface area contributed by atoms with Crippen molar-refractivity contribution >= 4 is 23.2 Å². The van der Waals surface area contributed by atoms with Crippen LogP contribution in [-0.2, 0) is 6.54 Å². The molecule has 0 radical (unpaired) electrons. The first-order valence-electron chi connectivity index (χ1n) is 7.30. The van der Waals surface area contributed by atoms with Gasteiger partial charge in [0.15, 0.2) is 0 Å². The maximum Gasteiger partial charge on any atom is 0.305 e. The third-order valence-electron chi connectivity index (χ3n) is 3.79. The van der Waals surface area contributed by atoms with Gasteiger partial charge in [-0.25, -0.2) is 9.97 Å². The summed E-state index contributed by atoms with van der Waals surface area (Å²) in [5.74, 6) is 0.540. The molecule has 1 aromatic heterocycles. The van der Waals surface area contributed by atoms with Crippen LogP contribution in [0.15, 0.2) is 36.7 Å². The third kappa shape index (κ3) is 3.94. The zero-order chi connectivity index (χ0) is 16.2. The topological polar surface area (TPSA) is 75.4 Å². The predicted octanol–water partition coefficient (Wildman–Crippen LogP) is 2.36. The smallest absolute Gasteiger partial charge is 0.305 e. The number of aromatic nitrogens is 2. The summed E-state index contributed by atoms with van der Waals surface area (Å²) in [5, 5.41) is 11.4. The van der Waals surface area contributed by atoms with Crippen LogP contribution < -0.4 is 4.90 Å². The Labute approximate surface area is 138 Å². The van der Waals surface area contributed by atoms with Gasteiger partial charge in [-0.05, 0) is 17.7 Å². The number of benzene rings is 1. The maximum atomic E-state index is 10.6. The normalized spacial score (nSPS) is 15.6. The molecule has 2 aromatic rings. The van der Waals surface area contributed by atoms with Gasteiger partial charge in [-0.2, -0.15) is 0 Å². The molecular weight excluding hydrogens is 318 g/mol. The number of anilines is 1. The van der Waals surface area contributed by atoms with Gasteiger partial charge in [-0.15, -0.1) is 0 Å². The Balaban J connectivity index is 1.56. The second-order valence-electron chi connectivity index (χ2n) is 5.39. The Kier molecular flexibility index (Phi) is 4.68. The van der Waals surface area contributed by atoms with Crippen molar-refractivity contribution in [2.45, 2.75) is 6.54 Å². The lowest BCUT2D eigenvalue weighted by Gasteiger charge is -2.34. The number of piperazine rings is 1. The highest BCUT2D eigenvalue weighted by atomic mass is 35.5. The molecule has 1 saturated heterocycles. The van der Waals surface area contributed by atoms with E-state index in [-0.39, 0.29) is 5.69 Å². The minimum atomic E-state index is -0.493. The van der Waals surface area contributed by atoms with E-state index < -0.39 is 4.92 Å². The van der Waals surface area contributed by atoms with Crippen molar-refractivity contribution in [2.24, 2.45) is 0 Å². The molecule has 1 fully saturated rings.